The molecule has 0 aromatic heterocycles. The molecule has 2 aromatic rings. The Kier molecular flexibility index (Phi) is 4.65. The molecule has 3 nitrogen and oxygen atoms in total. The molecule has 0 unspecified atom stereocenters. The minimum atomic E-state index is -0.164. The third-order valence-electron chi connectivity index (χ3n) is 3.56. The molecular weight excluding hydrogens is 276 g/mol. The summed E-state index contributed by atoms with van der Waals surface area (Å²) >= 11 is 0. The maximum atomic E-state index is 10.3. The second-order valence-electron chi connectivity index (χ2n) is 6.53. The quantitative estimate of drug-likeness (QED) is 0.822. The van der Waals surface area contributed by atoms with Crippen LogP contribution in [-0.2, 0) is 11.8 Å². The Morgan fingerprint density at radius 2 is 1.59 bits per heavy atom. The van der Waals surface area contributed by atoms with Crippen LogP contribution >= 0.6 is 0 Å². The van der Waals surface area contributed by atoms with Gasteiger partial charge in [0.1, 0.15) is 23.0 Å². The molecule has 0 saturated carbocycles. The number of hydrogen-bond acceptors (Lipinski definition) is 3. The fraction of sp³-hybridized carbons (Fsp3) is 0.368. The zero-order chi connectivity index (χ0) is 16.3. The van der Waals surface area contributed by atoms with Gasteiger partial charge in [-0.25, -0.2) is 0 Å². The van der Waals surface area contributed by atoms with Crippen molar-refractivity contribution in [2.24, 2.45) is 0 Å². The van der Waals surface area contributed by atoms with Gasteiger partial charge in [0.25, 0.3) is 0 Å². The van der Waals surface area contributed by atoms with E-state index in [1.807, 2.05) is 6.07 Å². The first kappa shape index (κ1) is 16.2. The van der Waals surface area contributed by atoms with Gasteiger partial charge in [0, 0.05) is 11.1 Å². The van der Waals surface area contributed by atoms with Crippen LogP contribution in [0, 0.1) is 0 Å². The molecule has 0 radical (unpaired) electrons. The molecule has 0 aliphatic heterocycles. The number of aromatic hydroxyl groups is 2. The maximum absolute atomic E-state index is 10.3. The van der Waals surface area contributed by atoms with Gasteiger partial charge in [0.05, 0.1) is 0 Å². The summed E-state index contributed by atoms with van der Waals surface area (Å²) in [6.07, 6.45) is 1.81. The van der Waals surface area contributed by atoms with Gasteiger partial charge in [-0.05, 0) is 48.2 Å². The van der Waals surface area contributed by atoms with E-state index in [1.54, 1.807) is 30.3 Å². The van der Waals surface area contributed by atoms with Gasteiger partial charge in [0.2, 0.25) is 0 Å². The number of benzene rings is 2. The van der Waals surface area contributed by atoms with Crippen LogP contribution in [0.2, 0.25) is 0 Å². The van der Waals surface area contributed by atoms with Crippen LogP contribution in [-0.4, -0.2) is 10.2 Å². The Bertz CT molecular complexity index is 637. The normalized spacial score (nSPS) is 11.5. The number of ether oxygens (including phenoxy) is 1. The molecule has 3 heteroatoms. The van der Waals surface area contributed by atoms with E-state index in [0.717, 1.165) is 29.7 Å². The molecule has 0 saturated heterocycles. The Morgan fingerprint density at radius 1 is 0.955 bits per heavy atom. The maximum Gasteiger partial charge on any atom is 0.131 e. The Hall–Kier alpha value is -2.16. The van der Waals surface area contributed by atoms with E-state index in [-0.39, 0.29) is 11.2 Å². The van der Waals surface area contributed by atoms with E-state index in [9.17, 15) is 10.2 Å². The standard InChI is InChI=1S/C19H24O3/c1-5-6-15-17(22-14-9-7-13(20)8-10-14)12-11-16(21)18(15)19(2,3)4/h7-12,20-21H,5-6H2,1-4H3. The van der Waals surface area contributed by atoms with E-state index in [1.165, 1.54) is 0 Å². The summed E-state index contributed by atoms with van der Waals surface area (Å²) in [7, 11) is 0. The van der Waals surface area contributed by atoms with Crippen molar-refractivity contribution in [3.8, 4) is 23.0 Å². The molecule has 118 valence electrons. The third-order valence-corrected chi connectivity index (χ3v) is 3.56. The van der Waals surface area contributed by atoms with Gasteiger partial charge < -0.3 is 14.9 Å². The van der Waals surface area contributed by atoms with Crippen molar-refractivity contribution < 1.29 is 14.9 Å². The number of phenols is 2. The minimum absolute atomic E-state index is 0.164. The van der Waals surface area contributed by atoms with Gasteiger partial charge in [-0.3, -0.25) is 0 Å². The van der Waals surface area contributed by atoms with Crippen LogP contribution in [0.4, 0.5) is 0 Å². The van der Waals surface area contributed by atoms with Crippen molar-refractivity contribution in [3.05, 3.63) is 47.5 Å². The summed E-state index contributed by atoms with van der Waals surface area (Å²) in [4.78, 5) is 0. The average Bonchev–Trinajstić information content (AvgIpc) is 2.43. The molecule has 0 atom stereocenters. The van der Waals surface area contributed by atoms with Crippen LogP contribution in [0.5, 0.6) is 23.0 Å². The van der Waals surface area contributed by atoms with Crippen LogP contribution < -0.4 is 4.74 Å². The molecule has 0 amide bonds. The van der Waals surface area contributed by atoms with Gasteiger partial charge in [-0.1, -0.05) is 34.1 Å². The summed E-state index contributed by atoms with van der Waals surface area (Å²) in [6, 6.07) is 10.2. The zero-order valence-corrected chi connectivity index (χ0v) is 13.7. The molecule has 2 rings (SSSR count). The lowest BCUT2D eigenvalue weighted by Gasteiger charge is -2.26. The molecule has 2 aromatic carbocycles. The lowest BCUT2D eigenvalue weighted by Crippen LogP contribution is -2.15. The highest BCUT2D eigenvalue weighted by Crippen LogP contribution is 2.40. The lowest BCUT2D eigenvalue weighted by atomic mass is 9.81. The van der Waals surface area contributed by atoms with E-state index in [0.29, 0.717) is 11.5 Å². The molecular formula is C19H24O3. The predicted octanol–water partition coefficient (Wildman–Crippen LogP) is 5.14. The Morgan fingerprint density at radius 3 is 2.14 bits per heavy atom. The van der Waals surface area contributed by atoms with Crippen LogP contribution in [0.15, 0.2) is 36.4 Å². The molecule has 0 bridgehead atoms. The highest BCUT2D eigenvalue weighted by Gasteiger charge is 2.24. The summed E-state index contributed by atoms with van der Waals surface area (Å²) in [5.41, 5.74) is 1.82. The van der Waals surface area contributed by atoms with Gasteiger partial charge >= 0.3 is 0 Å². The average molecular weight is 300 g/mol. The van der Waals surface area contributed by atoms with Crippen molar-refractivity contribution in [1.82, 2.24) is 0 Å². The second kappa shape index (κ2) is 6.30. The molecule has 0 heterocycles. The zero-order valence-electron chi connectivity index (χ0n) is 13.7. The Balaban J connectivity index is 2.48. The van der Waals surface area contributed by atoms with E-state index < -0.39 is 0 Å². The van der Waals surface area contributed by atoms with Crippen LogP contribution in [0.25, 0.3) is 0 Å². The van der Waals surface area contributed by atoms with Crippen molar-refractivity contribution in [2.45, 2.75) is 46.0 Å². The number of phenolic OH excluding ortho intramolecular Hbond substituents is 2. The minimum Gasteiger partial charge on any atom is -0.508 e. The monoisotopic (exact) mass is 300 g/mol. The second-order valence-corrected chi connectivity index (χ2v) is 6.53. The largest absolute Gasteiger partial charge is 0.508 e. The first-order chi connectivity index (χ1) is 10.3. The van der Waals surface area contributed by atoms with Crippen LogP contribution in [0.3, 0.4) is 0 Å². The van der Waals surface area contributed by atoms with Gasteiger partial charge in [-0.15, -0.1) is 0 Å². The van der Waals surface area contributed by atoms with E-state index in [2.05, 4.69) is 27.7 Å². The SMILES string of the molecule is CCCc1c(Oc2ccc(O)cc2)ccc(O)c1C(C)(C)C. The highest BCUT2D eigenvalue weighted by molar-refractivity contribution is 5.52. The highest BCUT2D eigenvalue weighted by atomic mass is 16.5. The molecule has 0 aliphatic rings. The Labute approximate surface area is 132 Å². The summed E-state index contributed by atoms with van der Waals surface area (Å²) < 4.78 is 5.99. The molecule has 2 N–H and O–H groups in total. The van der Waals surface area contributed by atoms with Gasteiger partial charge in [-0.2, -0.15) is 0 Å². The summed E-state index contributed by atoms with van der Waals surface area (Å²) in [5.74, 6) is 1.95. The summed E-state index contributed by atoms with van der Waals surface area (Å²) in [6.45, 7) is 8.38. The number of hydrogen-bond donors (Lipinski definition) is 2. The van der Waals surface area contributed by atoms with E-state index in [4.69, 9.17) is 4.74 Å². The van der Waals surface area contributed by atoms with Crippen molar-refractivity contribution in [1.29, 1.82) is 0 Å². The van der Waals surface area contributed by atoms with Crippen LogP contribution in [0.1, 0.15) is 45.2 Å². The lowest BCUT2D eigenvalue weighted by molar-refractivity contribution is 0.430. The molecule has 0 spiro atoms. The molecule has 0 fully saturated rings. The third kappa shape index (κ3) is 3.53. The molecule has 22 heavy (non-hydrogen) atoms. The fourth-order valence-corrected chi connectivity index (χ4v) is 2.69. The first-order valence-corrected chi connectivity index (χ1v) is 7.65. The number of rotatable bonds is 4. The predicted molar refractivity (Wildman–Crippen MR) is 89.0 cm³/mol. The smallest absolute Gasteiger partial charge is 0.131 e. The van der Waals surface area contributed by atoms with Crippen molar-refractivity contribution in [2.75, 3.05) is 0 Å². The van der Waals surface area contributed by atoms with Gasteiger partial charge in [0.15, 0.2) is 0 Å². The first-order valence-electron chi connectivity index (χ1n) is 7.65. The molecule has 0 aliphatic carbocycles. The summed E-state index contributed by atoms with van der Waals surface area (Å²) in [5, 5.41) is 19.7. The van der Waals surface area contributed by atoms with Crippen molar-refractivity contribution in [3.63, 3.8) is 0 Å². The van der Waals surface area contributed by atoms with Crippen molar-refractivity contribution >= 4 is 0 Å². The topological polar surface area (TPSA) is 49.7 Å². The fourth-order valence-electron chi connectivity index (χ4n) is 2.69. The van der Waals surface area contributed by atoms with E-state index >= 15 is 0 Å².